The van der Waals surface area contributed by atoms with Crippen LogP contribution in [0.3, 0.4) is 0 Å². The summed E-state index contributed by atoms with van der Waals surface area (Å²) in [5, 5.41) is 9.77. The van der Waals surface area contributed by atoms with Crippen molar-refractivity contribution in [2.45, 2.75) is 26.0 Å². The summed E-state index contributed by atoms with van der Waals surface area (Å²) in [6.45, 7) is 3.21. The molecule has 0 aliphatic carbocycles. The van der Waals surface area contributed by atoms with Crippen molar-refractivity contribution >= 4 is 21.9 Å². The van der Waals surface area contributed by atoms with E-state index in [-0.39, 0.29) is 12.4 Å². The van der Waals surface area contributed by atoms with Crippen molar-refractivity contribution in [3.63, 3.8) is 0 Å². The van der Waals surface area contributed by atoms with Crippen LogP contribution in [0.2, 0.25) is 0 Å². The second-order valence-electron chi connectivity index (χ2n) is 4.70. The third-order valence-corrected chi connectivity index (χ3v) is 3.40. The zero-order valence-electron chi connectivity index (χ0n) is 11.5. The Balaban J connectivity index is 2.52. The van der Waals surface area contributed by atoms with E-state index in [1.807, 2.05) is 18.0 Å². The van der Waals surface area contributed by atoms with Crippen molar-refractivity contribution in [2.75, 3.05) is 20.7 Å². The number of likely N-dealkylation sites (N-methyl/N-ethyl adjacent to an activating group) is 1. The first-order valence-electron chi connectivity index (χ1n) is 6.10. The molecule has 0 aliphatic rings. The van der Waals surface area contributed by atoms with Crippen LogP contribution in [-0.2, 0) is 16.1 Å². The number of rotatable bonds is 6. The molecular weight excluding hydrogens is 310 g/mol. The van der Waals surface area contributed by atoms with Gasteiger partial charge in [0.15, 0.2) is 0 Å². The molecule has 0 aromatic heterocycles. The molecule has 0 heterocycles. The number of aliphatic hydroxyl groups excluding tert-OH is 1. The zero-order chi connectivity index (χ0) is 14.4. The number of carbonyl (C=O) groups excluding carboxylic acids is 1. The number of aliphatic hydroxyl groups is 1. The Morgan fingerprint density at radius 1 is 1.53 bits per heavy atom. The van der Waals surface area contributed by atoms with Gasteiger partial charge in [0.1, 0.15) is 0 Å². The Hall–Kier alpha value is -0.910. The molecule has 0 bridgehead atoms. The first-order chi connectivity index (χ1) is 8.92. The van der Waals surface area contributed by atoms with Crippen LogP contribution < -0.4 is 0 Å². The van der Waals surface area contributed by atoms with Gasteiger partial charge in [-0.25, -0.2) is 0 Å². The van der Waals surface area contributed by atoms with Crippen LogP contribution in [0.15, 0.2) is 22.7 Å². The van der Waals surface area contributed by atoms with E-state index < -0.39 is 6.10 Å². The van der Waals surface area contributed by atoms with Crippen LogP contribution in [0.1, 0.15) is 17.5 Å². The van der Waals surface area contributed by atoms with Crippen molar-refractivity contribution in [1.82, 2.24) is 4.90 Å². The first-order valence-corrected chi connectivity index (χ1v) is 6.90. The number of carbonyl (C=O) groups is 1. The number of aryl methyl sites for hydroxylation is 1. The van der Waals surface area contributed by atoms with Crippen LogP contribution >= 0.6 is 15.9 Å². The lowest BCUT2D eigenvalue weighted by atomic mass is 10.1. The highest BCUT2D eigenvalue weighted by Crippen LogP contribution is 2.17. The fourth-order valence-electron chi connectivity index (χ4n) is 1.87. The van der Waals surface area contributed by atoms with Crippen LogP contribution in [0.25, 0.3) is 0 Å². The lowest BCUT2D eigenvalue weighted by Crippen LogP contribution is -2.30. The summed E-state index contributed by atoms with van der Waals surface area (Å²) in [6, 6.07) is 6.13. The van der Waals surface area contributed by atoms with Crippen LogP contribution in [0.4, 0.5) is 0 Å². The Labute approximate surface area is 122 Å². The Morgan fingerprint density at radius 3 is 2.84 bits per heavy atom. The molecule has 1 aromatic carbocycles. The van der Waals surface area contributed by atoms with E-state index in [2.05, 4.69) is 39.7 Å². The van der Waals surface area contributed by atoms with Gasteiger partial charge in [-0.3, -0.25) is 9.69 Å². The molecule has 0 fully saturated rings. The number of halogens is 1. The molecule has 0 saturated carbocycles. The zero-order valence-corrected chi connectivity index (χ0v) is 13.1. The highest BCUT2D eigenvalue weighted by Gasteiger charge is 2.14. The van der Waals surface area contributed by atoms with E-state index in [9.17, 15) is 9.90 Å². The molecule has 106 valence electrons. The minimum absolute atomic E-state index is 0.0261. The van der Waals surface area contributed by atoms with E-state index in [0.717, 1.165) is 11.0 Å². The molecule has 0 spiro atoms. The molecule has 19 heavy (non-hydrogen) atoms. The summed E-state index contributed by atoms with van der Waals surface area (Å²) < 4.78 is 5.57. The quantitative estimate of drug-likeness (QED) is 0.812. The number of benzene rings is 1. The van der Waals surface area contributed by atoms with Gasteiger partial charge in [0.25, 0.3) is 0 Å². The lowest BCUT2D eigenvalue weighted by Gasteiger charge is -2.21. The first kappa shape index (κ1) is 16.1. The Kier molecular flexibility index (Phi) is 6.48. The van der Waals surface area contributed by atoms with Crippen molar-refractivity contribution in [1.29, 1.82) is 0 Å². The maximum atomic E-state index is 11.1. The van der Waals surface area contributed by atoms with Crippen molar-refractivity contribution in [2.24, 2.45) is 0 Å². The van der Waals surface area contributed by atoms with Gasteiger partial charge in [0.05, 0.1) is 19.6 Å². The van der Waals surface area contributed by atoms with E-state index in [1.165, 1.54) is 18.2 Å². The molecule has 1 N–H and O–H groups in total. The minimum Gasteiger partial charge on any atom is -0.469 e. The Morgan fingerprint density at radius 2 is 2.21 bits per heavy atom. The number of hydrogen-bond donors (Lipinski definition) is 1. The summed E-state index contributed by atoms with van der Waals surface area (Å²) >= 11 is 3.45. The number of esters is 1. The summed E-state index contributed by atoms with van der Waals surface area (Å²) in [6.07, 6.45) is -0.678. The normalized spacial score (nSPS) is 12.5. The summed E-state index contributed by atoms with van der Waals surface area (Å²) in [7, 11) is 3.24. The molecule has 5 heteroatoms. The van der Waals surface area contributed by atoms with Gasteiger partial charge in [0.2, 0.25) is 0 Å². The average molecular weight is 330 g/mol. The fourth-order valence-corrected chi connectivity index (χ4v) is 2.27. The second kappa shape index (κ2) is 7.62. The smallest absolute Gasteiger partial charge is 0.308 e. The van der Waals surface area contributed by atoms with Crippen molar-refractivity contribution in [3.05, 3.63) is 33.8 Å². The van der Waals surface area contributed by atoms with Crippen molar-refractivity contribution in [3.8, 4) is 0 Å². The molecule has 0 aliphatic heterocycles. The Bertz CT molecular complexity index is 437. The lowest BCUT2D eigenvalue weighted by molar-refractivity contribution is -0.143. The monoisotopic (exact) mass is 329 g/mol. The predicted octanol–water partition coefficient (Wildman–Crippen LogP) is 2.11. The molecule has 1 aromatic rings. The van der Waals surface area contributed by atoms with Crippen LogP contribution in [-0.4, -0.2) is 42.8 Å². The topological polar surface area (TPSA) is 49.8 Å². The highest BCUT2D eigenvalue weighted by molar-refractivity contribution is 9.10. The third kappa shape index (κ3) is 5.72. The maximum Gasteiger partial charge on any atom is 0.308 e. The molecule has 1 unspecified atom stereocenters. The number of methoxy groups -OCH3 is 1. The molecular formula is C14H20BrNO3. The maximum absolute atomic E-state index is 11.1. The third-order valence-electron chi connectivity index (χ3n) is 2.90. The van der Waals surface area contributed by atoms with Crippen LogP contribution in [0.5, 0.6) is 0 Å². The fraction of sp³-hybridized carbons (Fsp3) is 0.500. The molecule has 0 amide bonds. The highest BCUT2D eigenvalue weighted by atomic mass is 79.9. The molecule has 1 rings (SSSR count). The van der Waals surface area contributed by atoms with E-state index in [4.69, 9.17) is 0 Å². The van der Waals surface area contributed by atoms with E-state index in [0.29, 0.717) is 6.54 Å². The standard InChI is InChI=1S/C14H20BrNO3/c1-10-4-5-12(15)6-11(10)8-16(2)9-13(17)7-14(18)19-3/h4-6,13,17H,7-9H2,1-3H3. The molecule has 0 radical (unpaired) electrons. The molecule has 0 saturated heterocycles. The van der Waals surface area contributed by atoms with Gasteiger partial charge < -0.3 is 9.84 Å². The van der Waals surface area contributed by atoms with Gasteiger partial charge in [-0.1, -0.05) is 22.0 Å². The molecule has 1 atom stereocenters. The van der Waals surface area contributed by atoms with E-state index >= 15 is 0 Å². The van der Waals surface area contributed by atoms with Gasteiger partial charge in [-0.05, 0) is 37.2 Å². The van der Waals surface area contributed by atoms with Gasteiger partial charge >= 0.3 is 5.97 Å². The number of nitrogens with zero attached hydrogens (tertiary/aromatic N) is 1. The van der Waals surface area contributed by atoms with Crippen molar-refractivity contribution < 1.29 is 14.6 Å². The van der Waals surface area contributed by atoms with E-state index in [1.54, 1.807) is 0 Å². The number of hydrogen-bond acceptors (Lipinski definition) is 4. The van der Waals surface area contributed by atoms with Gasteiger partial charge in [-0.2, -0.15) is 0 Å². The average Bonchev–Trinajstić information content (AvgIpc) is 2.33. The minimum atomic E-state index is -0.704. The molecule has 4 nitrogen and oxygen atoms in total. The summed E-state index contributed by atoms with van der Waals surface area (Å²) in [4.78, 5) is 13.0. The summed E-state index contributed by atoms with van der Waals surface area (Å²) in [5.41, 5.74) is 2.40. The predicted molar refractivity (Wildman–Crippen MR) is 77.9 cm³/mol. The van der Waals surface area contributed by atoms with Crippen LogP contribution in [0, 0.1) is 6.92 Å². The number of ether oxygens (including phenoxy) is 1. The summed E-state index contributed by atoms with van der Waals surface area (Å²) in [5.74, 6) is -0.389. The second-order valence-corrected chi connectivity index (χ2v) is 5.62. The largest absolute Gasteiger partial charge is 0.469 e. The van der Waals surface area contributed by atoms with Gasteiger partial charge in [-0.15, -0.1) is 0 Å². The van der Waals surface area contributed by atoms with Gasteiger partial charge in [0, 0.05) is 17.6 Å². The SMILES string of the molecule is COC(=O)CC(O)CN(C)Cc1cc(Br)ccc1C.